The van der Waals surface area contributed by atoms with Crippen LogP contribution in [-0.2, 0) is 4.79 Å². The molecule has 17 heavy (non-hydrogen) atoms. The van der Waals surface area contributed by atoms with Crippen LogP contribution in [0, 0.1) is 6.92 Å². The number of carbonyl (C=O) groups excluding carboxylic acids is 1. The summed E-state index contributed by atoms with van der Waals surface area (Å²) in [7, 11) is 0. The summed E-state index contributed by atoms with van der Waals surface area (Å²) in [6.45, 7) is 7.58. The van der Waals surface area contributed by atoms with Crippen LogP contribution < -0.4 is 10.1 Å². The highest BCUT2D eigenvalue weighted by atomic mass is 79.9. The van der Waals surface area contributed by atoms with Gasteiger partial charge in [-0.05, 0) is 51.5 Å². The van der Waals surface area contributed by atoms with Crippen LogP contribution in [0.5, 0.6) is 5.75 Å². The number of ether oxygens (including phenoxy) is 1. The molecule has 1 rings (SSSR count). The molecule has 1 aromatic rings. The van der Waals surface area contributed by atoms with Gasteiger partial charge in [-0.1, -0.05) is 15.9 Å². The van der Waals surface area contributed by atoms with E-state index in [1.807, 2.05) is 39.0 Å². The van der Waals surface area contributed by atoms with E-state index in [2.05, 4.69) is 21.2 Å². The molecule has 1 atom stereocenters. The molecule has 0 aliphatic heterocycles. The van der Waals surface area contributed by atoms with E-state index in [9.17, 15) is 4.79 Å². The fraction of sp³-hybridized carbons (Fsp3) is 0.462. The molecular weight excluding hydrogens is 282 g/mol. The molecule has 4 heteroatoms. The Bertz CT molecular complexity index is 404. The zero-order valence-electron chi connectivity index (χ0n) is 10.6. The van der Waals surface area contributed by atoms with Gasteiger partial charge in [-0.25, -0.2) is 0 Å². The quantitative estimate of drug-likeness (QED) is 0.928. The van der Waals surface area contributed by atoms with Crippen LogP contribution in [0.15, 0.2) is 22.7 Å². The van der Waals surface area contributed by atoms with Crippen LogP contribution >= 0.6 is 15.9 Å². The Hall–Kier alpha value is -1.03. The van der Waals surface area contributed by atoms with Crippen molar-refractivity contribution in [1.29, 1.82) is 0 Å². The molecule has 0 aromatic heterocycles. The Morgan fingerprint density at radius 2 is 2.00 bits per heavy atom. The fourth-order valence-corrected chi connectivity index (χ4v) is 1.60. The number of carbonyl (C=O) groups is 1. The number of aryl methyl sites for hydroxylation is 1. The minimum absolute atomic E-state index is 0.0967. The summed E-state index contributed by atoms with van der Waals surface area (Å²) in [5.74, 6) is 0.609. The van der Waals surface area contributed by atoms with Gasteiger partial charge in [-0.2, -0.15) is 0 Å². The molecule has 0 heterocycles. The lowest BCUT2D eigenvalue weighted by Crippen LogP contribution is -2.40. The van der Waals surface area contributed by atoms with Crippen LogP contribution in [-0.4, -0.2) is 18.1 Å². The van der Waals surface area contributed by atoms with E-state index in [0.717, 1.165) is 10.0 Å². The standard InChI is InChI=1S/C13H18BrNO2/c1-8(2)15-13(16)10(4)17-11-5-6-12(14)9(3)7-11/h5-8,10H,1-4H3,(H,15,16). The molecule has 1 N–H and O–H groups in total. The first-order chi connectivity index (χ1) is 7.90. The van der Waals surface area contributed by atoms with Crippen LogP contribution in [0.3, 0.4) is 0 Å². The second kappa shape index (κ2) is 6.05. The molecular formula is C13H18BrNO2. The molecule has 1 amide bonds. The maximum absolute atomic E-state index is 11.7. The van der Waals surface area contributed by atoms with Crippen molar-refractivity contribution in [3.8, 4) is 5.75 Å². The van der Waals surface area contributed by atoms with E-state index >= 15 is 0 Å². The van der Waals surface area contributed by atoms with E-state index in [1.165, 1.54) is 0 Å². The third-order valence-corrected chi connectivity index (χ3v) is 3.13. The molecule has 0 aliphatic carbocycles. The Morgan fingerprint density at radius 1 is 1.35 bits per heavy atom. The highest BCUT2D eigenvalue weighted by Gasteiger charge is 2.15. The molecule has 94 valence electrons. The number of hydrogen-bond acceptors (Lipinski definition) is 2. The van der Waals surface area contributed by atoms with Gasteiger partial charge < -0.3 is 10.1 Å². The minimum Gasteiger partial charge on any atom is -0.481 e. The topological polar surface area (TPSA) is 38.3 Å². The largest absolute Gasteiger partial charge is 0.481 e. The van der Waals surface area contributed by atoms with E-state index in [1.54, 1.807) is 6.92 Å². The zero-order valence-corrected chi connectivity index (χ0v) is 12.2. The van der Waals surface area contributed by atoms with E-state index in [-0.39, 0.29) is 11.9 Å². The Balaban J connectivity index is 2.64. The van der Waals surface area contributed by atoms with E-state index < -0.39 is 6.10 Å². The monoisotopic (exact) mass is 299 g/mol. The number of hydrogen-bond donors (Lipinski definition) is 1. The van der Waals surface area contributed by atoms with E-state index in [0.29, 0.717) is 5.75 Å². The second-order valence-electron chi connectivity index (χ2n) is 4.33. The van der Waals surface area contributed by atoms with E-state index in [4.69, 9.17) is 4.74 Å². The predicted octanol–water partition coefficient (Wildman–Crippen LogP) is 3.05. The Kier molecular flexibility index (Phi) is 5.00. The number of halogens is 1. The molecule has 0 radical (unpaired) electrons. The van der Waals surface area contributed by atoms with Crippen LogP contribution in [0.4, 0.5) is 0 Å². The van der Waals surface area contributed by atoms with Crippen molar-refractivity contribution in [2.45, 2.75) is 39.8 Å². The summed E-state index contributed by atoms with van der Waals surface area (Å²) < 4.78 is 6.61. The average Bonchev–Trinajstić information content (AvgIpc) is 2.22. The molecule has 0 saturated heterocycles. The molecule has 0 spiro atoms. The first-order valence-corrected chi connectivity index (χ1v) is 6.42. The van der Waals surface area contributed by atoms with Crippen molar-refractivity contribution in [3.05, 3.63) is 28.2 Å². The van der Waals surface area contributed by atoms with Crippen molar-refractivity contribution in [2.75, 3.05) is 0 Å². The van der Waals surface area contributed by atoms with Crippen LogP contribution in [0.1, 0.15) is 26.3 Å². The molecule has 1 aromatic carbocycles. The van der Waals surface area contributed by atoms with Crippen molar-refractivity contribution in [1.82, 2.24) is 5.32 Å². The Morgan fingerprint density at radius 3 is 2.53 bits per heavy atom. The molecule has 3 nitrogen and oxygen atoms in total. The first kappa shape index (κ1) is 14.0. The smallest absolute Gasteiger partial charge is 0.260 e. The van der Waals surface area contributed by atoms with Gasteiger partial charge in [-0.3, -0.25) is 4.79 Å². The third-order valence-electron chi connectivity index (χ3n) is 2.24. The maximum Gasteiger partial charge on any atom is 0.260 e. The number of amides is 1. The summed E-state index contributed by atoms with van der Waals surface area (Å²) in [6, 6.07) is 5.79. The van der Waals surface area contributed by atoms with Gasteiger partial charge in [-0.15, -0.1) is 0 Å². The normalized spacial score (nSPS) is 12.4. The third kappa shape index (κ3) is 4.38. The summed E-state index contributed by atoms with van der Waals surface area (Å²) in [5, 5.41) is 2.82. The summed E-state index contributed by atoms with van der Waals surface area (Å²) in [5.41, 5.74) is 1.08. The van der Waals surface area contributed by atoms with Crippen LogP contribution in [0.25, 0.3) is 0 Å². The van der Waals surface area contributed by atoms with Crippen molar-refractivity contribution in [2.24, 2.45) is 0 Å². The van der Waals surface area contributed by atoms with Gasteiger partial charge in [0.15, 0.2) is 6.10 Å². The van der Waals surface area contributed by atoms with Gasteiger partial charge in [0, 0.05) is 10.5 Å². The number of nitrogens with one attached hydrogen (secondary N) is 1. The van der Waals surface area contributed by atoms with Crippen LogP contribution in [0.2, 0.25) is 0 Å². The van der Waals surface area contributed by atoms with Gasteiger partial charge >= 0.3 is 0 Å². The predicted molar refractivity (Wildman–Crippen MR) is 72.2 cm³/mol. The highest BCUT2D eigenvalue weighted by Crippen LogP contribution is 2.22. The highest BCUT2D eigenvalue weighted by molar-refractivity contribution is 9.10. The Labute approximate surface area is 111 Å². The maximum atomic E-state index is 11.7. The lowest BCUT2D eigenvalue weighted by Gasteiger charge is -2.16. The average molecular weight is 300 g/mol. The summed E-state index contributed by atoms with van der Waals surface area (Å²) >= 11 is 3.42. The molecule has 0 aliphatic rings. The molecule has 1 unspecified atom stereocenters. The minimum atomic E-state index is -0.488. The van der Waals surface area contributed by atoms with Gasteiger partial charge in [0.25, 0.3) is 5.91 Å². The molecule has 0 bridgehead atoms. The van der Waals surface area contributed by atoms with Gasteiger partial charge in [0.2, 0.25) is 0 Å². The molecule has 0 saturated carbocycles. The summed E-state index contributed by atoms with van der Waals surface area (Å²) in [4.78, 5) is 11.7. The number of benzene rings is 1. The second-order valence-corrected chi connectivity index (χ2v) is 5.19. The van der Waals surface area contributed by atoms with Crippen molar-refractivity contribution >= 4 is 21.8 Å². The van der Waals surface area contributed by atoms with Gasteiger partial charge in [0.1, 0.15) is 5.75 Å². The lowest BCUT2D eigenvalue weighted by atomic mass is 10.2. The lowest BCUT2D eigenvalue weighted by molar-refractivity contribution is -0.127. The fourth-order valence-electron chi connectivity index (χ4n) is 1.35. The van der Waals surface area contributed by atoms with Crippen molar-refractivity contribution < 1.29 is 9.53 Å². The van der Waals surface area contributed by atoms with Gasteiger partial charge in [0.05, 0.1) is 0 Å². The van der Waals surface area contributed by atoms with Crippen molar-refractivity contribution in [3.63, 3.8) is 0 Å². The SMILES string of the molecule is Cc1cc(OC(C)C(=O)NC(C)C)ccc1Br. The number of rotatable bonds is 4. The zero-order chi connectivity index (χ0) is 13.0. The summed E-state index contributed by atoms with van der Waals surface area (Å²) in [6.07, 6.45) is -0.488. The molecule has 0 fully saturated rings. The first-order valence-electron chi connectivity index (χ1n) is 5.63.